The molecule has 0 saturated carbocycles. The molecule has 2 aromatic heterocycles. The van der Waals surface area contributed by atoms with Crippen LogP contribution in [0.3, 0.4) is 0 Å². The van der Waals surface area contributed by atoms with Crippen molar-refractivity contribution in [2.75, 3.05) is 0 Å². The van der Waals surface area contributed by atoms with Gasteiger partial charge in [0.05, 0.1) is 17.2 Å². The average Bonchev–Trinajstić information content (AvgIpc) is 2.90. The van der Waals surface area contributed by atoms with Crippen LogP contribution < -0.4 is 0 Å². The Morgan fingerprint density at radius 1 is 1.56 bits per heavy atom. The van der Waals surface area contributed by atoms with E-state index in [9.17, 15) is 5.11 Å². The van der Waals surface area contributed by atoms with Gasteiger partial charge in [-0.3, -0.25) is 0 Å². The second-order valence-corrected chi connectivity index (χ2v) is 4.39. The van der Waals surface area contributed by atoms with Crippen molar-refractivity contribution < 1.29 is 5.11 Å². The number of hydrogen-bond acceptors (Lipinski definition) is 5. The zero-order valence-electron chi connectivity index (χ0n) is 9.08. The van der Waals surface area contributed by atoms with Gasteiger partial charge in [-0.15, -0.1) is 5.10 Å². The van der Waals surface area contributed by atoms with Gasteiger partial charge in [-0.25, -0.2) is 4.98 Å². The lowest BCUT2D eigenvalue weighted by Crippen LogP contribution is -2.08. The Labute approximate surface area is 97.9 Å². The number of imidazole rings is 1. The van der Waals surface area contributed by atoms with Crippen LogP contribution in [-0.4, -0.2) is 24.2 Å². The summed E-state index contributed by atoms with van der Waals surface area (Å²) in [6, 6.07) is 0. The van der Waals surface area contributed by atoms with Crippen LogP contribution in [-0.2, 0) is 13.0 Å². The molecule has 2 rings (SSSR count). The first-order chi connectivity index (χ1) is 7.81. The normalized spacial score (nSPS) is 12.9. The van der Waals surface area contributed by atoms with Crippen molar-refractivity contribution in [3.63, 3.8) is 0 Å². The summed E-state index contributed by atoms with van der Waals surface area (Å²) in [4.78, 5) is 5.03. The van der Waals surface area contributed by atoms with Crippen LogP contribution in [0, 0.1) is 0 Å². The van der Waals surface area contributed by atoms with Crippen LogP contribution in [0.4, 0.5) is 0 Å². The Morgan fingerprint density at radius 3 is 3.12 bits per heavy atom. The van der Waals surface area contributed by atoms with E-state index in [1.54, 1.807) is 12.4 Å². The summed E-state index contributed by atoms with van der Waals surface area (Å²) < 4.78 is 5.80. The molecule has 0 aliphatic carbocycles. The average molecular weight is 238 g/mol. The first-order valence-corrected chi connectivity index (χ1v) is 6.04. The van der Waals surface area contributed by atoms with E-state index in [0.29, 0.717) is 6.42 Å². The maximum atomic E-state index is 9.95. The third-order valence-electron chi connectivity index (χ3n) is 2.35. The van der Waals surface area contributed by atoms with Gasteiger partial charge in [0, 0.05) is 25.4 Å². The summed E-state index contributed by atoms with van der Waals surface area (Å²) in [6.07, 6.45) is 6.32. The number of aromatic nitrogens is 4. The smallest absolute Gasteiger partial charge is 0.111 e. The lowest BCUT2D eigenvalue weighted by molar-refractivity contribution is 0.178. The van der Waals surface area contributed by atoms with Crippen molar-refractivity contribution in [1.29, 1.82) is 0 Å². The molecule has 0 bridgehead atoms. The standard InChI is InChI=1S/C10H14N4OS/c1-2-4-14-5-3-11-10(14)6-8(15)9-7-12-13-16-9/h3,5,7-8,15H,2,4,6H2,1H3. The fourth-order valence-corrected chi connectivity index (χ4v) is 2.06. The summed E-state index contributed by atoms with van der Waals surface area (Å²) in [5, 5.41) is 13.7. The summed E-state index contributed by atoms with van der Waals surface area (Å²) >= 11 is 1.22. The summed E-state index contributed by atoms with van der Waals surface area (Å²) in [5.41, 5.74) is 0. The lowest BCUT2D eigenvalue weighted by Gasteiger charge is -2.09. The molecule has 1 N–H and O–H groups in total. The molecule has 16 heavy (non-hydrogen) atoms. The van der Waals surface area contributed by atoms with E-state index in [2.05, 4.69) is 26.1 Å². The minimum Gasteiger partial charge on any atom is -0.387 e. The highest BCUT2D eigenvalue weighted by molar-refractivity contribution is 7.05. The van der Waals surface area contributed by atoms with Gasteiger partial charge in [0.2, 0.25) is 0 Å². The molecule has 2 heterocycles. The fraction of sp³-hybridized carbons (Fsp3) is 0.500. The molecule has 0 spiro atoms. The van der Waals surface area contributed by atoms with E-state index in [0.717, 1.165) is 23.7 Å². The van der Waals surface area contributed by atoms with E-state index in [1.165, 1.54) is 11.5 Å². The monoisotopic (exact) mass is 238 g/mol. The van der Waals surface area contributed by atoms with E-state index >= 15 is 0 Å². The van der Waals surface area contributed by atoms with E-state index in [-0.39, 0.29) is 0 Å². The molecule has 1 unspecified atom stereocenters. The van der Waals surface area contributed by atoms with Crippen molar-refractivity contribution >= 4 is 11.5 Å². The quantitative estimate of drug-likeness (QED) is 0.855. The van der Waals surface area contributed by atoms with Crippen LogP contribution in [0.1, 0.15) is 30.2 Å². The van der Waals surface area contributed by atoms with Crippen molar-refractivity contribution in [3.8, 4) is 0 Å². The molecule has 0 amide bonds. The molecule has 0 saturated heterocycles. The van der Waals surface area contributed by atoms with Crippen LogP contribution in [0.5, 0.6) is 0 Å². The van der Waals surface area contributed by atoms with Gasteiger partial charge in [-0.2, -0.15) is 0 Å². The molecular weight excluding hydrogens is 224 g/mol. The second-order valence-electron chi connectivity index (χ2n) is 3.58. The highest BCUT2D eigenvalue weighted by Crippen LogP contribution is 2.19. The summed E-state index contributed by atoms with van der Waals surface area (Å²) in [5.74, 6) is 0.905. The molecular formula is C10H14N4OS. The van der Waals surface area contributed by atoms with Crippen molar-refractivity contribution in [3.05, 3.63) is 29.3 Å². The topological polar surface area (TPSA) is 63.8 Å². The highest BCUT2D eigenvalue weighted by atomic mass is 32.1. The molecule has 6 heteroatoms. The molecule has 0 fully saturated rings. The van der Waals surface area contributed by atoms with Gasteiger partial charge in [0.15, 0.2) is 0 Å². The molecule has 0 aromatic carbocycles. The van der Waals surface area contributed by atoms with Crippen molar-refractivity contribution in [2.24, 2.45) is 0 Å². The molecule has 0 aliphatic rings. The minimum absolute atomic E-state index is 0.511. The number of nitrogens with zero attached hydrogens (tertiary/aromatic N) is 4. The molecule has 0 radical (unpaired) electrons. The minimum atomic E-state index is -0.557. The maximum Gasteiger partial charge on any atom is 0.111 e. The molecule has 1 atom stereocenters. The SMILES string of the molecule is CCCn1ccnc1CC(O)c1cnns1. The van der Waals surface area contributed by atoms with Gasteiger partial charge in [0.25, 0.3) is 0 Å². The third kappa shape index (κ3) is 2.45. The zero-order valence-corrected chi connectivity index (χ0v) is 9.89. The number of rotatable bonds is 5. The van der Waals surface area contributed by atoms with Crippen molar-refractivity contribution in [2.45, 2.75) is 32.4 Å². The van der Waals surface area contributed by atoms with Gasteiger partial charge in [-0.1, -0.05) is 11.4 Å². The second kappa shape index (κ2) is 5.18. The first-order valence-electron chi connectivity index (χ1n) is 5.26. The van der Waals surface area contributed by atoms with Crippen LogP contribution in [0.15, 0.2) is 18.6 Å². The Bertz CT molecular complexity index is 426. The van der Waals surface area contributed by atoms with Gasteiger partial charge < -0.3 is 9.67 Å². The van der Waals surface area contributed by atoms with Crippen LogP contribution in [0.2, 0.25) is 0 Å². The predicted molar refractivity (Wildman–Crippen MR) is 61.1 cm³/mol. The largest absolute Gasteiger partial charge is 0.387 e. The molecule has 86 valence electrons. The van der Waals surface area contributed by atoms with Gasteiger partial charge in [0.1, 0.15) is 5.82 Å². The van der Waals surface area contributed by atoms with Crippen LogP contribution in [0.25, 0.3) is 0 Å². The molecule has 0 aliphatic heterocycles. The number of aliphatic hydroxyl groups is 1. The zero-order chi connectivity index (χ0) is 11.4. The Balaban J connectivity index is 2.06. The number of aliphatic hydroxyl groups excluding tert-OH is 1. The Hall–Kier alpha value is -1.27. The summed E-state index contributed by atoms with van der Waals surface area (Å²) in [7, 11) is 0. The van der Waals surface area contributed by atoms with Crippen molar-refractivity contribution in [1.82, 2.24) is 19.1 Å². The van der Waals surface area contributed by atoms with Gasteiger partial charge >= 0.3 is 0 Å². The first kappa shape index (κ1) is 11.2. The van der Waals surface area contributed by atoms with E-state index < -0.39 is 6.10 Å². The van der Waals surface area contributed by atoms with Gasteiger partial charge in [-0.05, 0) is 18.0 Å². The van der Waals surface area contributed by atoms with Crippen LogP contribution >= 0.6 is 11.5 Å². The Kier molecular flexibility index (Phi) is 3.63. The fourth-order valence-electron chi connectivity index (χ4n) is 1.57. The number of aryl methyl sites for hydroxylation is 1. The summed E-state index contributed by atoms with van der Waals surface area (Å²) in [6.45, 7) is 3.05. The molecule has 2 aromatic rings. The Morgan fingerprint density at radius 2 is 2.44 bits per heavy atom. The number of hydrogen-bond donors (Lipinski definition) is 1. The highest BCUT2D eigenvalue weighted by Gasteiger charge is 2.14. The van der Waals surface area contributed by atoms with E-state index in [4.69, 9.17) is 0 Å². The maximum absolute atomic E-state index is 9.95. The third-order valence-corrected chi connectivity index (χ3v) is 3.11. The lowest BCUT2D eigenvalue weighted by atomic mass is 10.2. The predicted octanol–water partition coefficient (Wildman–Crippen LogP) is 1.42. The molecule has 5 nitrogen and oxygen atoms in total. The van der Waals surface area contributed by atoms with E-state index in [1.807, 2.05) is 6.20 Å².